The molecule has 0 spiro atoms. The average Bonchev–Trinajstić information content (AvgIpc) is 3.26. The largest absolute Gasteiger partial charge is 0.507 e. The summed E-state index contributed by atoms with van der Waals surface area (Å²) in [6.45, 7) is 0.603. The number of aryl methyl sites for hydroxylation is 1. The minimum absolute atomic E-state index is 0.0174. The molecule has 6 rings (SSSR count). The number of nitrogens with zero attached hydrogens (tertiary/aromatic N) is 5. The highest BCUT2D eigenvalue weighted by molar-refractivity contribution is 8.19. The number of benzene rings is 5. The van der Waals surface area contributed by atoms with Crippen LogP contribution in [0.2, 0.25) is 0 Å². The fraction of sp³-hybridized carbons (Fsp3) is 0.162. The predicted molar refractivity (Wildman–Crippen MR) is 261 cm³/mol. The summed E-state index contributed by atoms with van der Waals surface area (Å²) in [5.41, 5.74) is 0.435. The summed E-state index contributed by atoms with van der Waals surface area (Å²) in [4.78, 5) is 12.0. The van der Waals surface area contributed by atoms with E-state index in [1.807, 2.05) is 0 Å². The Hall–Kier alpha value is -5.61. The highest BCUT2D eigenvalue weighted by Crippen LogP contribution is 2.43. The molecular formula is C37H41N9O19S6. The fourth-order valence-corrected chi connectivity index (χ4v) is 10.0. The van der Waals surface area contributed by atoms with E-state index in [1.54, 1.807) is 19.1 Å². The van der Waals surface area contributed by atoms with Crippen molar-refractivity contribution in [3.8, 4) is 5.75 Å². The number of aromatic hydroxyl groups is 1. The van der Waals surface area contributed by atoms with Gasteiger partial charge >= 0.3 is 0 Å². The Balaban J connectivity index is 1.37. The van der Waals surface area contributed by atoms with Gasteiger partial charge in [-0.3, -0.25) is 26.6 Å². The van der Waals surface area contributed by atoms with Gasteiger partial charge in [0.25, 0.3) is 10.1 Å². The molecule has 6 aromatic rings. The van der Waals surface area contributed by atoms with Gasteiger partial charge in [-0.15, -0.1) is 14.6 Å². The van der Waals surface area contributed by atoms with Crippen LogP contribution in [0.4, 0.5) is 52.0 Å². The topological polar surface area (TPSA) is 433 Å². The Labute approximate surface area is 411 Å². The third kappa shape index (κ3) is 15.9. The van der Waals surface area contributed by atoms with Crippen molar-refractivity contribution in [2.24, 2.45) is 10.2 Å². The lowest BCUT2D eigenvalue weighted by Crippen LogP contribution is -2.14. The maximum Gasteiger partial charge on any atom is 0.296 e. The molecule has 0 saturated carbocycles. The summed E-state index contributed by atoms with van der Waals surface area (Å²) < 4.78 is 156. The molecule has 0 atom stereocenters. The van der Waals surface area contributed by atoms with E-state index in [2.05, 4.69) is 60.0 Å². The van der Waals surface area contributed by atoms with E-state index in [1.165, 1.54) is 66.7 Å². The first-order valence-corrected chi connectivity index (χ1v) is 28.0. The van der Waals surface area contributed by atoms with Crippen LogP contribution in [0.3, 0.4) is 0 Å². The third-order valence-electron chi connectivity index (χ3n) is 9.11. The van der Waals surface area contributed by atoms with Crippen LogP contribution in [0.15, 0.2) is 116 Å². The zero-order chi connectivity index (χ0) is 51.8. The fourth-order valence-electron chi connectivity index (χ4n) is 6.13. The first-order valence-electron chi connectivity index (χ1n) is 19.4. The summed E-state index contributed by atoms with van der Waals surface area (Å²) >= 11 is -4.20. The van der Waals surface area contributed by atoms with Crippen LogP contribution in [0.5, 0.6) is 5.75 Å². The van der Waals surface area contributed by atoms with E-state index < -0.39 is 86.4 Å². The quantitative estimate of drug-likeness (QED) is 0.00677. The lowest BCUT2D eigenvalue weighted by Gasteiger charge is -2.21. The van der Waals surface area contributed by atoms with Gasteiger partial charge in [0.2, 0.25) is 29.0 Å². The van der Waals surface area contributed by atoms with Gasteiger partial charge in [-0.1, -0.05) is 23.2 Å². The molecule has 0 unspecified atom stereocenters. The number of phenols is 1. The molecule has 1 aromatic heterocycles. The van der Waals surface area contributed by atoms with Crippen LogP contribution in [0.25, 0.3) is 10.8 Å². The molecule has 0 aliphatic rings. The van der Waals surface area contributed by atoms with Gasteiger partial charge in [-0.2, -0.15) is 23.4 Å². The van der Waals surface area contributed by atoms with Crippen LogP contribution >= 0.6 is 34.3 Å². The number of hydrogen-bond acceptors (Lipinski definition) is 28. The van der Waals surface area contributed by atoms with Gasteiger partial charge < -0.3 is 40.0 Å². The summed E-state index contributed by atoms with van der Waals surface area (Å²) in [5.74, 6) is -3.00. The van der Waals surface area contributed by atoms with Crippen LogP contribution in [-0.2, 0) is 47.5 Å². The predicted octanol–water partition coefficient (Wildman–Crippen LogP) is 8.23. The van der Waals surface area contributed by atoms with E-state index in [0.717, 1.165) is 12.1 Å². The molecule has 0 fully saturated rings. The Morgan fingerprint density at radius 1 is 0.662 bits per heavy atom. The van der Waals surface area contributed by atoms with Crippen LogP contribution in [0.1, 0.15) is 5.56 Å². The van der Waals surface area contributed by atoms with Gasteiger partial charge in [-0.05, 0) is 90.7 Å². The molecule has 13 N–H and O–H groups in total. The molecule has 0 aliphatic heterocycles. The number of phenolic OH excluding ortho intramolecular Hbond substituents is 1. The minimum atomic E-state index is -5.00. The Bertz CT molecular complexity index is 3260. The van der Waals surface area contributed by atoms with Crippen molar-refractivity contribution >= 4 is 127 Å². The van der Waals surface area contributed by atoms with Crippen molar-refractivity contribution in [2.75, 3.05) is 51.9 Å². The molecule has 1 heterocycles. The number of rotatable bonds is 24. The van der Waals surface area contributed by atoms with Gasteiger partial charge in [0.05, 0.1) is 45.6 Å². The second-order valence-corrected chi connectivity index (χ2v) is 23.2. The molecule has 5 aromatic carbocycles. The molecule has 28 nitrogen and oxygen atoms in total. The Kier molecular flexibility index (Phi) is 17.6. The van der Waals surface area contributed by atoms with Crippen molar-refractivity contribution in [3.63, 3.8) is 0 Å². The normalized spacial score (nSPS) is 13.1. The second kappa shape index (κ2) is 22.9. The molecule has 0 radical (unpaired) electrons. The summed E-state index contributed by atoms with van der Waals surface area (Å²) in [6.07, 6.45) is 0. The molecule has 0 saturated heterocycles. The number of azo groups is 1. The van der Waals surface area contributed by atoms with Gasteiger partial charge in [0.1, 0.15) is 38.8 Å². The minimum Gasteiger partial charge on any atom is -0.507 e. The zero-order valence-corrected chi connectivity index (χ0v) is 40.9. The number of anilines is 7. The van der Waals surface area contributed by atoms with E-state index in [-0.39, 0.29) is 86.1 Å². The molecule has 34 heteroatoms. The summed E-state index contributed by atoms with van der Waals surface area (Å²) in [5, 5.41) is 42.6. The number of nitrogens with one attached hydrogen (secondary N) is 4. The van der Waals surface area contributed by atoms with Crippen molar-refractivity contribution in [1.29, 1.82) is 0 Å². The van der Waals surface area contributed by atoms with Gasteiger partial charge in [0.15, 0.2) is 32.0 Å². The zero-order valence-electron chi connectivity index (χ0n) is 36.0. The first-order chi connectivity index (χ1) is 33.3. The summed E-state index contributed by atoms with van der Waals surface area (Å²) in [6, 6.07) is 19.9. The van der Waals surface area contributed by atoms with Gasteiger partial charge in [0, 0.05) is 17.1 Å². The average molecular weight is 1110 g/mol. The number of aromatic nitrogens is 3. The van der Waals surface area contributed by atoms with Crippen molar-refractivity contribution < 1.29 is 85.2 Å². The number of hydrogen-bond donors (Lipinski definition) is 13. The highest BCUT2D eigenvalue weighted by Gasteiger charge is 2.22. The Morgan fingerprint density at radius 2 is 1.27 bits per heavy atom. The third-order valence-corrected chi connectivity index (χ3v) is 14.8. The van der Waals surface area contributed by atoms with Crippen molar-refractivity contribution in [3.05, 3.63) is 96.6 Å². The maximum atomic E-state index is 13.1. The second-order valence-electron chi connectivity index (χ2n) is 14.3. The highest BCUT2D eigenvalue weighted by atomic mass is 32.3. The summed E-state index contributed by atoms with van der Waals surface area (Å²) in [7, 11) is -17.1. The lowest BCUT2D eigenvalue weighted by molar-refractivity contribution is -0.434. The van der Waals surface area contributed by atoms with Crippen LogP contribution in [0, 0.1) is 6.92 Å². The van der Waals surface area contributed by atoms with Crippen molar-refractivity contribution in [1.82, 2.24) is 15.0 Å². The van der Waals surface area contributed by atoms with E-state index >= 15 is 0 Å². The molecule has 0 bridgehead atoms. The maximum absolute atomic E-state index is 13.1. The molecular weight excluding hydrogens is 1070 g/mol. The molecule has 71 heavy (non-hydrogen) atoms. The van der Waals surface area contributed by atoms with Crippen LogP contribution in [-0.4, -0.2) is 113 Å². The van der Waals surface area contributed by atoms with Gasteiger partial charge in [-0.25, -0.2) is 22.1 Å². The smallest absolute Gasteiger partial charge is 0.296 e. The Morgan fingerprint density at radius 3 is 1.89 bits per heavy atom. The standard InChI is InChI=1S/C37H41N9O19S6/c1-22-17-23-5-11-29(38-21-69(53,54)55)34(33(23)31(47)18-22)46-45-30-20-26(8-12-32(30)70(56,57)58)41-37-43-35(39-24-6-9-27(10-7-24)67(49,50)16-14-63-71(59,60)61)42-36(44-37)40-25-3-2-4-28(19-25)68(51,52)15-13-62-66-65-64-48/h2-12,17-20,38,47-48,53-55,59-61H,13-16,21H2,1H3,(H,56,57,58)(H3,39,40,41,42,43,44). The monoisotopic (exact) mass is 1110 g/mol. The van der Waals surface area contributed by atoms with Crippen LogP contribution < -0.4 is 21.3 Å². The first kappa shape index (κ1) is 54.7. The number of fused-ring (bicyclic) bond motifs is 1. The van der Waals surface area contributed by atoms with E-state index in [9.17, 15) is 48.6 Å². The number of sulfone groups is 2. The van der Waals surface area contributed by atoms with Crippen molar-refractivity contribution in [2.45, 2.75) is 21.6 Å². The van der Waals surface area contributed by atoms with E-state index in [0.29, 0.717) is 10.9 Å². The molecule has 0 amide bonds. The lowest BCUT2D eigenvalue weighted by atomic mass is 10.0. The molecule has 384 valence electrons. The van der Waals surface area contributed by atoms with E-state index in [4.69, 9.17) is 23.1 Å². The SMILES string of the molecule is Cc1cc(O)c2c(N=Nc3cc(Nc4nc(Nc5ccc(S(=O)(=O)CCOS(O)(O)O)cc5)nc(Nc5cccc(S(=O)(=O)CCOSOOO)c5)n4)ccc3S(=O)(=O)O)c(NCS(O)(O)O)ccc2c1. The molecule has 0 aliphatic carbocycles.